The Balaban J connectivity index is 1.38. The lowest BCUT2D eigenvalue weighted by Crippen LogP contribution is -2.35. The molecule has 0 atom stereocenters. The molecule has 0 unspecified atom stereocenters. The molecular formula is C25H26N4O4S. The van der Waals surface area contributed by atoms with Crippen molar-refractivity contribution >= 4 is 39.8 Å². The molecule has 2 heterocycles. The molecule has 0 radical (unpaired) electrons. The molecule has 0 fully saturated rings. The number of carbonyl (C=O) groups is 1. The van der Waals surface area contributed by atoms with Crippen LogP contribution in [0, 0.1) is 19.3 Å². The molecule has 176 valence electrons. The minimum Gasteiger partial charge on any atom is -0.493 e. The maximum Gasteiger partial charge on any atom is 0.283 e. The number of rotatable bonds is 8. The Labute approximate surface area is 202 Å². The number of amides is 1. The number of amidine groups is 2. The van der Waals surface area contributed by atoms with Crippen LogP contribution in [0.5, 0.6) is 17.2 Å². The van der Waals surface area contributed by atoms with E-state index in [1.54, 1.807) is 25.3 Å². The van der Waals surface area contributed by atoms with E-state index in [0.717, 1.165) is 10.8 Å². The Bertz CT molecular complexity index is 1220. The highest BCUT2D eigenvalue weighted by Crippen LogP contribution is 2.31. The lowest BCUT2D eigenvalue weighted by Gasteiger charge is -2.20. The van der Waals surface area contributed by atoms with Crippen molar-refractivity contribution in [2.24, 2.45) is 10.1 Å². The molecule has 2 aromatic carbocycles. The van der Waals surface area contributed by atoms with Gasteiger partial charge in [0.05, 0.1) is 30.9 Å². The van der Waals surface area contributed by atoms with Crippen LogP contribution in [0.3, 0.4) is 0 Å². The van der Waals surface area contributed by atoms with E-state index in [1.807, 2.05) is 39.0 Å². The molecule has 0 spiro atoms. The summed E-state index contributed by atoms with van der Waals surface area (Å²) in [6.45, 7) is 6.91. The smallest absolute Gasteiger partial charge is 0.283 e. The Kier molecular flexibility index (Phi) is 7.02. The Morgan fingerprint density at radius 3 is 2.50 bits per heavy atom. The number of thioether (sulfide) groups is 1. The molecule has 1 N–H and O–H groups in total. The quantitative estimate of drug-likeness (QED) is 0.432. The number of benzene rings is 2. The average Bonchev–Trinajstić information content (AvgIpc) is 3.16. The summed E-state index contributed by atoms with van der Waals surface area (Å²) in [6, 6.07) is 11.5. The fourth-order valence-corrected chi connectivity index (χ4v) is 4.33. The first-order valence-electron chi connectivity index (χ1n) is 10.8. The molecule has 0 bridgehead atoms. The number of fused-ring (bicyclic) bond motifs is 1. The third kappa shape index (κ3) is 5.31. The molecule has 2 aliphatic rings. The number of aryl methyl sites for hydroxylation is 2. The van der Waals surface area contributed by atoms with E-state index in [9.17, 15) is 4.79 Å². The summed E-state index contributed by atoms with van der Waals surface area (Å²) >= 11 is 1.28. The van der Waals surface area contributed by atoms with Gasteiger partial charge < -0.3 is 14.2 Å². The minimum atomic E-state index is -0.461. The summed E-state index contributed by atoms with van der Waals surface area (Å²) in [5.74, 6) is 1.53. The van der Waals surface area contributed by atoms with Gasteiger partial charge in [-0.15, -0.1) is 0 Å². The van der Waals surface area contributed by atoms with Crippen molar-refractivity contribution < 1.29 is 19.0 Å². The lowest BCUT2D eigenvalue weighted by atomic mass is 10.1. The zero-order valence-electron chi connectivity index (χ0n) is 19.5. The maximum absolute atomic E-state index is 12.5. The number of nitrogens with zero attached hydrogens (tertiary/aromatic N) is 3. The molecule has 34 heavy (non-hydrogen) atoms. The van der Waals surface area contributed by atoms with Gasteiger partial charge >= 0.3 is 0 Å². The molecule has 2 aromatic rings. The minimum absolute atomic E-state index is 0.00227. The number of aliphatic imine (C=N–C) groups is 1. The fraction of sp³-hybridized carbons (Fsp3) is 0.280. The van der Waals surface area contributed by atoms with Crippen molar-refractivity contribution in [3.63, 3.8) is 0 Å². The van der Waals surface area contributed by atoms with Crippen LogP contribution in [0.15, 0.2) is 52.1 Å². The molecule has 9 heteroatoms. The first-order valence-corrected chi connectivity index (χ1v) is 11.6. The zero-order valence-corrected chi connectivity index (χ0v) is 20.4. The van der Waals surface area contributed by atoms with Gasteiger partial charge in [0.15, 0.2) is 17.3 Å². The van der Waals surface area contributed by atoms with Crippen LogP contribution in [-0.4, -0.2) is 47.3 Å². The summed E-state index contributed by atoms with van der Waals surface area (Å²) in [5.41, 5.74) is 3.21. The van der Waals surface area contributed by atoms with Crippen LogP contribution >= 0.6 is 11.8 Å². The molecule has 0 aliphatic carbocycles. The predicted molar refractivity (Wildman–Crippen MR) is 135 cm³/mol. The molecule has 1 amide bonds. The first-order chi connectivity index (χ1) is 16.3. The molecule has 0 saturated heterocycles. The van der Waals surface area contributed by atoms with Crippen LogP contribution in [0.1, 0.15) is 30.0 Å². The Morgan fingerprint density at radius 2 is 1.76 bits per heavy atom. The van der Waals surface area contributed by atoms with Gasteiger partial charge in [-0.1, -0.05) is 12.1 Å². The third-order valence-corrected chi connectivity index (χ3v) is 5.89. The number of hydrazone groups is 1. The average molecular weight is 479 g/mol. The van der Waals surface area contributed by atoms with E-state index < -0.39 is 5.91 Å². The van der Waals surface area contributed by atoms with Gasteiger partial charge in [-0.25, -0.2) is 0 Å². The van der Waals surface area contributed by atoms with E-state index in [-0.39, 0.29) is 11.4 Å². The van der Waals surface area contributed by atoms with Crippen LogP contribution in [-0.2, 0) is 4.79 Å². The highest BCUT2D eigenvalue weighted by atomic mass is 32.2. The van der Waals surface area contributed by atoms with Crippen LogP contribution in [0.25, 0.3) is 6.08 Å². The molecular weight excluding hydrogens is 452 g/mol. The number of ether oxygens (including phenoxy) is 3. The molecule has 8 nitrogen and oxygen atoms in total. The fourth-order valence-electron chi connectivity index (χ4n) is 3.59. The highest BCUT2D eigenvalue weighted by Gasteiger charge is 2.34. The van der Waals surface area contributed by atoms with Crippen molar-refractivity contribution in [1.82, 2.24) is 5.01 Å². The van der Waals surface area contributed by atoms with Crippen LogP contribution in [0.2, 0.25) is 0 Å². The van der Waals surface area contributed by atoms with Crippen molar-refractivity contribution in [2.75, 3.05) is 20.3 Å². The van der Waals surface area contributed by atoms with Crippen molar-refractivity contribution in [3.8, 4) is 17.2 Å². The number of hydrogen-bond acceptors (Lipinski definition) is 7. The number of nitrogens with one attached hydrogen (secondary N) is 1. The second kappa shape index (κ2) is 10.1. The van der Waals surface area contributed by atoms with Crippen molar-refractivity contribution in [2.45, 2.75) is 27.2 Å². The van der Waals surface area contributed by atoms with Crippen molar-refractivity contribution in [3.05, 3.63) is 58.7 Å². The van der Waals surface area contributed by atoms with Gasteiger partial charge in [0.2, 0.25) is 5.17 Å². The standard InChI is InChI=1S/C25H26N4O4S/c1-15-10-16(2)12-19(11-15)32-8-5-9-33-21-7-6-18(14-22(21)31-4)13-20-23(26)29-25(27-24(20)30)34-17(3)28-29/h6-7,10-14,26H,5,8-9H2,1-4H3/b20-13+,26-23?. The van der Waals surface area contributed by atoms with Gasteiger partial charge in [-0.05, 0) is 79.6 Å². The lowest BCUT2D eigenvalue weighted by molar-refractivity contribution is -0.114. The Morgan fingerprint density at radius 1 is 1.03 bits per heavy atom. The third-order valence-electron chi connectivity index (χ3n) is 5.06. The topological polar surface area (TPSA) is 96.6 Å². The van der Waals surface area contributed by atoms with Gasteiger partial charge in [0.25, 0.3) is 5.91 Å². The van der Waals surface area contributed by atoms with E-state index in [0.29, 0.717) is 41.9 Å². The Hall–Kier alpha value is -3.59. The summed E-state index contributed by atoms with van der Waals surface area (Å²) < 4.78 is 17.2. The molecule has 4 rings (SSSR count). The van der Waals surface area contributed by atoms with Gasteiger partial charge in [0.1, 0.15) is 5.75 Å². The monoisotopic (exact) mass is 478 g/mol. The normalized spacial score (nSPS) is 16.4. The van der Waals surface area contributed by atoms with Gasteiger partial charge in [-0.3, -0.25) is 10.2 Å². The molecule has 0 aromatic heterocycles. The SMILES string of the molecule is COc1cc(/C=C2\C(=N)N3N=C(C)SC3=NC2=O)ccc1OCCCOc1cc(C)cc(C)c1. The predicted octanol–water partition coefficient (Wildman–Crippen LogP) is 4.80. The summed E-state index contributed by atoms with van der Waals surface area (Å²) in [4.78, 5) is 16.5. The van der Waals surface area contributed by atoms with Crippen molar-refractivity contribution in [1.29, 1.82) is 5.41 Å². The summed E-state index contributed by atoms with van der Waals surface area (Å²) in [5, 5.41) is 15.1. The molecule has 0 saturated carbocycles. The maximum atomic E-state index is 12.5. The zero-order chi connectivity index (χ0) is 24.2. The first kappa shape index (κ1) is 23.6. The number of carbonyl (C=O) groups excluding carboxylic acids is 1. The van der Waals surface area contributed by atoms with E-state index in [1.165, 1.54) is 27.9 Å². The van der Waals surface area contributed by atoms with Crippen LogP contribution in [0.4, 0.5) is 0 Å². The number of methoxy groups -OCH3 is 1. The summed E-state index contributed by atoms with van der Waals surface area (Å²) in [6.07, 6.45) is 2.32. The second-order valence-corrected chi connectivity index (χ2v) is 9.08. The van der Waals surface area contributed by atoms with Crippen LogP contribution < -0.4 is 14.2 Å². The molecule has 2 aliphatic heterocycles. The van der Waals surface area contributed by atoms with Gasteiger partial charge in [0, 0.05) is 6.42 Å². The van der Waals surface area contributed by atoms with E-state index in [2.05, 4.69) is 16.2 Å². The van der Waals surface area contributed by atoms with Gasteiger partial charge in [-0.2, -0.15) is 15.1 Å². The summed E-state index contributed by atoms with van der Waals surface area (Å²) in [7, 11) is 1.56. The highest BCUT2D eigenvalue weighted by molar-refractivity contribution is 8.26. The van der Waals surface area contributed by atoms with E-state index in [4.69, 9.17) is 19.6 Å². The second-order valence-electron chi connectivity index (χ2n) is 7.92. The van der Waals surface area contributed by atoms with E-state index >= 15 is 0 Å². The number of hydrogen-bond donors (Lipinski definition) is 1. The largest absolute Gasteiger partial charge is 0.493 e.